The lowest BCUT2D eigenvalue weighted by Crippen LogP contribution is -2.36. The molecule has 0 spiro atoms. The molecule has 9 heteroatoms. The standard InChI is InChI=1S/C21H22N4O4S/c1-14(26)20-13-18(23-25(20)16-6-4-3-5-7-16)21(27)24-11-10-15-12-17(8-9-19(15)24)30(28,29)22-2/h3-9,12,20,22H,10-11,13H2,1-2H3. The summed E-state index contributed by atoms with van der Waals surface area (Å²) >= 11 is 0. The van der Waals surface area contributed by atoms with Gasteiger partial charge in [0, 0.05) is 18.7 Å². The number of nitrogens with one attached hydrogen (secondary N) is 1. The number of hydrogen-bond acceptors (Lipinski definition) is 6. The van der Waals surface area contributed by atoms with Crippen LogP contribution in [0.25, 0.3) is 0 Å². The Morgan fingerprint density at radius 3 is 2.53 bits per heavy atom. The summed E-state index contributed by atoms with van der Waals surface area (Å²) in [5.74, 6) is -0.322. The average molecular weight is 426 g/mol. The summed E-state index contributed by atoms with van der Waals surface area (Å²) in [6.45, 7) is 1.94. The van der Waals surface area contributed by atoms with Crippen molar-refractivity contribution in [3.05, 3.63) is 54.1 Å². The molecular weight excluding hydrogens is 404 g/mol. The van der Waals surface area contributed by atoms with Crippen LogP contribution in [0.4, 0.5) is 11.4 Å². The number of Topliss-reactive ketones (excluding diaryl/α,β-unsaturated/α-hetero) is 1. The van der Waals surface area contributed by atoms with E-state index in [2.05, 4.69) is 9.82 Å². The Morgan fingerprint density at radius 1 is 1.13 bits per heavy atom. The number of fused-ring (bicyclic) bond motifs is 1. The van der Waals surface area contributed by atoms with Gasteiger partial charge < -0.3 is 4.90 Å². The number of rotatable bonds is 5. The normalized spacial score (nSPS) is 18.3. The molecule has 0 fully saturated rings. The van der Waals surface area contributed by atoms with E-state index in [0.29, 0.717) is 24.4 Å². The molecular formula is C21H22N4O4S. The molecule has 1 atom stereocenters. The number of benzene rings is 2. The summed E-state index contributed by atoms with van der Waals surface area (Å²) in [7, 11) is -2.19. The maximum absolute atomic E-state index is 13.2. The van der Waals surface area contributed by atoms with Crippen molar-refractivity contribution in [2.45, 2.75) is 30.7 Å². The van der Waals surface area contributed by atoms with Crippen LogP contribution in [0.15, 0.2) is 58.5 Å². The van der Waals surface area contributed by atoms with E-state index in [1.165, 1.54) is 20.0 Å². The average Bonchev–Trinajstić information content (AvgIpc) is 3.38. The summed E-state index contributed by atoms with van der Waals surface area (Å²) in [6.07, 6.45) is 0.793. The maximum atomic E-state index is 13.2. The third-order valence-electron chi connectivity index (χ3n) is 5.42. The molecule has 156 valence electrons. The second-order valence-corrected chi connectivity index (χ2v) is 9.15. The molecule has 2 aromatic rings. The molecule has 0 saturated heterocycles. The number of carbonyl (C=O) groups excluding carboxylic acids is 2. The van der Waals surface area contributed by atoms with Crippen molar-refractivity contribution < 1.29 is 18.0 Å². The van der Waals surface area contributed by atoms with Crippen LogP contribution >= 0.6 is 0 Å². The Balaban J connectivity index is 1.63. The van der Waals surface area contributed by atoms with Crippen LogP contribution in [0.2, 0.25) is 0 Å². The van der Waals surface area contributed by atoms with Crippen molar-refractivity contribution in [1.29, 1.82) is 0 Å². The molecule has 2 aliphatic rings. The van der Waals surface area contributed by atoms with Gasteiger partial charge in [-0.25, -0.2) is 13.1 Å². The highest BCUT2D eigenvalue weighted by atomic mass is 32.2. The number of ketones is 1. The van der Waals surface area contributed by atoms with Gasteiger partial charge in [-0.05, 0) is 56.3 Å². The van der Waals surface area contributed by atoms with Crippen LogP contribution in [-0.2, 0) is 26.0 Å². The lowest BCUT2D eigenvalue weighted by molar-refractivity contribution is -0.118. The Hall–Kier alpha value is -3.04. The molecule has 1 unspecified atom stereocenters. The predicted octanol–water partition coefficient (Wildman–Crippen LogP) is 1.71. The van der Waals surface area contributed by atoms with Gasteiger partial charge >= 0.3 is 0 Å². The second-order valence-electron chi connectivity index (χ2n) is 7.26. The highest BCUT2D eigenvalue weighted by Crippen LogP contribution is 2.32. The SMILES string of the molecule is CNS(=O)(=O)c1ccc2c(c1)CCN2C(=O)C1=NN(c2ccccc2)C(C(C)=O)C1. The Labute approximate surface area is 175 Å². The first-order valence-electron chi connectivity index (χ1n) is 9.62. The number of hydrazone groups is 1. The molecule has 0 saturated carbocycles. The second kappa shape index (κ2) is 7.66. The van der Waals surface area contributed by atoms with Gasteiger partial charge in [-0.15, -0.1) is 0 Å². The Bertz CT molecular complexity index is 1140. The monoisotopic (exact) mass is 426 g/mol. The number of carbonyl (C=O) groups is 2. The third-order valence-corrected chi connectivity index (χ3v) is 6.83. The van der Waals surface area contributed by atoms with Crippen molar-refractivity contribution in [3.63, 3.8) is 0 Å². The van der Waals surface area contributed by atoms with Crippen LogP contribution in [0.5, 0.6) is 0 Å². The maximum Gasteiger partial charge on any atom is 0.274 e. The topological polar surface area (TPSA) is 99.2 Å². The minimum absolute atomic E-state index is 0.0610. The van der Waals surface area contributed by atoms with E-state index in [9.17, 15) is 18.0 Å². The Morgan fingerprint density at radius 2 is 1.87 bits per heavy atom. The van der Waals surface area contributed by atoms with Crippen molar-refractivity contribution in [3.8, 4) is 0 Å². The van der Waals surface area contributed by atoms with Gasteiger partial charge in [0.2, 0.25) is 10.0 Å². The van der Waals surface area contributed by atoms with Crippen LogP contribution in [0, 0.1) is 0 Å². The molecule has 1 N–H and O–H groups in total. The van der Waals surface area contributed by atoms with E-state index in [4.69, 9.17) is 0 Å². The molecule has 30 heavy (non-hydrogen) atoms. The fourth-order valence-corrected chi connectivity index (χ4v) is 4.58. The summed E-state index contributed by atoms with van der Waals surface area (Å²) in [5.41, 5.74) is 2.54. The summed E-state index contributed by atoms with van der Waals surface area (Å²) in [6, 6.07) is 13.5. The van der Waals surface area contributed by atoms with E-state index >= 15 is 0 Å². The van der Waals surface area contributed by atoms with Gasteiger partial charge in [0.15, 0.2) is 5.78 Å². The highest BCUT2D eigenvalue weighted by molar-refractivity contribution is 7.89. The quantitative estimate of drug-likeness (QED) is 0.785. The Kier molecular flexibility index (Phi) is 5.17. The van der Waals surface area contributed by atoms with E-state index in [1.807, 2.05) is 30.3 Å². The van der Waals surface area contributed by atoms with Crippen molar-refractivity contribution in [1.82, 2.24) is 4.72 Å². The summed E-state index contributed by atoms with van der Waals surface area (Å²) in [5, 5.41) is 6.09. The van der Waals surface area contributed by atoms with Crippen molar-refractivity contribution in [2.75, 3.05) is 23.5 Å². The highest BCUT2D eigenvalue weighted by Gasteiger charge is 2.37. The largest absolute Gasteiger partial charge is 0.307 e. The van der Waals surface area contributed by atoms with Crippen LogP contribution in [0.1, 0.15) is 18.9 Å². The molecule has 4 rings (SSSR count). The van der Waals surface area contributed by atoms with E-state index in [1.54, 1.807) is 22.0 Å². The van der Waals surface area contributed by atoms with Gasteiger partial charge in [-0.1, -0.05) is 18.2 Å². The molecule has 2 aromatic carbocycles. The number of amides is 1. The molecule has 2 heterocycles. The predicted molar refractivity (Wildman–Crippen MR) is 114 cm³/mol. The van der Waals surface area contributed by atoms with Gasteiger partial charge in [0.1, 0.15) is 11.8 Å². The van der Waals surface area contributed by atoms with Gasteiger partial charge in [0.05, 0.1) is 10.6 Å². The third kappa shape index (κ3) is 3.50. The number of para-hydroxylation sites is 1. The van der Waals surface area contributed by atoms with Gasteiger partial charge in [-0.2, -0.15) is 5.10 Å². The fourth-order valence-electron chi connectivity index (χ4n) is 3.80. The molecule has 8 nitrogen and oxygen atoms in total. The van der Waals surface area contributed by atoms with Crippen molar-refractivity contribution >= 4 is 38.8 Å². The molecule has 0 radical (unpaired) electrons. The molecule has 1 amide bonds. The lowest BCUT2D eigenvalue weighted by Gasteiger charge is -2.20. The summed E-state index contributed by atoms with van der Waals surface area (Å²) in [4.78, 5) is 27.2. The molecule has 0 aliphatic carbocycles. The number of nitrogens with zero attached hydrogens (tertiary/aromatic N) is 3. The van der Waals surface area contributed by atoms with E-state index < -0.39 is 16.1 Å². The smallest absolute Gasteiger partial charge is 0.274 e. The lowest BCUT2D eigenvalue weighted by atomic mass is 10.1. The van der Waals surface area contributed by atoms with Crippen LogP contribution in [-0.4, -0.2) is 45.5 Å². The number of sulfonamides is 1. The first kappa shape index (κ1) is 20.2. The minimum Gasteiger partial charge on any atom is -0.307 e. The zero-order valence-corrected chi connectivity index (χ0v) is 17.5. The first-order valence-corrected chi connectivity index (χ1v) is 11.1. The minimum atomic E-state index is -3.55. The van der Waals surface area contributed by atoms with E-state index in [0.717, 1.165) is 11.3 Å². The summed E-state index contributed by atoms with van der Waals surface area (Å²) < 4.78 is 26.4. The van der Waals surface area contributed by atoms with Crippen LogP contribution in [0.3, 0.4) is 0 Å². The zero-order chi connectivity index (χ0) is 21.5. The number of anilines is 2. The number of hydrogen-bond donors (Lipinski definition) is 1. The van der Waals surface area contributed by atoms with Crippen molar-refractivity contribution in [2.24, 2.45) is 5.10 Å². The van der Waals surface area contributed by atoms with Crippen LogP contribution < -0.4 is 14.6 Å². The zero-order valence-electron chi connectivity index (χ0n) is 16.7. The molecule has 0 bridgehead atoms. The van der Waals surface area contributed by atoms with Gasteiger partial charge in [0.25, 0.3) is 5.91 Å². The fraction of sp³-hybridized carbons (Fsp3) is 0.286. The first-order chi connectivity index (χ1) is 14.3. The molecule has 0 aromatic heterocycles. The van der Waals surface area contributed by atoms with Gasteiger partial charge in [-0.3, -0.25) is 14.6 Å². The molecule has 2 aliphatic heterocycles. The van der Waals surface area contributed by atoms with E-state index in [-0.39, 0.29) is 23.0 Å².